The molecule has 7 nitrogen and oxygen atoms in total. The van der Waals surface area contributed by atoms with Gasteiger partial charge in [-0.1, -0.05) is 25.6 Å². The Morgan fingerprint density at radius 1 is 1.21 bits per heavy atom. The molecule has 0 aliphatic heterocycles. The number of rotatable bonds is 8. The average molecular weight is 400 g/mol. The van der Waals surface area contributed by atoms with Crippen LogP contribution in [0.1, 0.15) is 31.4 Å². The lowest BCUT2D eigenvalue weighted by atomic mass is 10.2. The zero-order valence-electron chi connectivity index (χ0n) is 16.5. The SMILES string of the molecule is CC(C)c1nnc(SCC(=O)Nc2ccc(N(C)C)cc2)n1Cc1ccco1. The van der Waals surface area contributed by atoms with Crippen LogP contribution in [0.2, 0.25) is 0 Å². The number of hydrogen-bond donors (Lipinski definition) is 1. The first-order valence-electron chi connectivity index (χ1n) is 9.09. The number of aromatic nitrogens is 3. The summed E-state index contributed by atoms with van der Waals surface area (Å²) < 4.78 is 7.47. The Hall–Kier alpha value is -2.74. The second kappa shape index (κ2) is 8.97. The molecule has 1 N–H and O–H groups in total. The third-order valence-corrected chi connectivity index (χ3v) is 5.12. The lowest BCUT2D eigenvalue weighted by molar-refractivity contribution is -0.113. The molecule has 1 aromatic carbocycles. The van der Waals surface area contributed by atoms with Crippen LogP contribution in [0, 0.1) is 0 Å². The lowest BCUT2D eigenvalue weighted by Gasteiger charge is -2.13. The van der Waals surface area contributed by atoms with Crippen molar-refractivity contribution in [3.05, 3.63) is 54.2 Å². The molecule has 0 spiro atoms. The van der Waals surface area contributed by atoms with Crippen molar-refractivity contribution >= 4 is 29.0 Å². The summed E-state index contributed by atoms with van der Waals surface area (Å²) in [5.41, 5.74) is 1.86. The summed E-state index contributed by atoms with van der Waals surface area (Å²) in [7, 11) is 3.96. The molecule has 0 unspecified atom stereocenters. The van der Waals surface area contributed by atoms with E-state index in [4.69, 9.17) is 4.42 Å². The highest BCUT2D eigenvalue weighted by molar-refractivity contribution is 7.99. The number of furan rings is 1. The van der Waals surface area contributed by atoms with Crippen molar-refractivity contribution in [3.63, 3.8) is 0 Å². The fourth-order valence-corrected chi connectivity index (χ4v) is 3.46. The summed E-state index contributed by atoms with van der Waals surface area (Å²) in [6.45, 7) is 4.69. The first kappa shape index (κ1) is 20.0. The van der Waals surface area contributed by atoms with E-state index in [1.165, 1.54) is 11.8 Å². The van der Waals surface area contributed by atoms with Gasteiger partial charge < -0.3 is 14.6 Å². The van der Waals surface area contributed by atoms with Gasteiger partial charge in [0.2, 0.25) is 5.91 Å². The number of anilines is 2. The minimum Gasteiger partial charge on any atom is -0.467 e. The quantitative estimate of drug-likeness (QED) is 0.580. The monoisotopic (exact) mass is 399 g/mol. The predicted molar refractivity (Wildman–Crippen MR) is 112 cm³/mol. The van der Waals surface area contributed by atoms with Crippen LogP contribution in [-0.2, 0) is 11.3 Å². The van der Waals surface area contributed by atoms with Crippen LogP contribution in [0.5, 0.6) is 0 Å². The van der Waals surface area contributed by atoms with Gasteiger partial charge in [0.05, 0.1) is 18.6 Å². The van der Waals surface area contributed by atoms with E-state index in [1.54, 1.807) is 6.26 Å². The summed E-state index contributed by atoms with van der Waals surface area (Å²) in [6, 6.07) is 11.5. The largest absolute Gasteiger partial charge is 0.467 e. The van der Waals surface area contributed by atoms with Crippen molar-refractivity contribution in [2.45, 2.75) is 31.5 Å². The first-order chi connectivity index (χ1) is 13.4. The van der Waals surface area contributed by atoms with E-state index in [1.807, 2.05) is 60.0 Å². The van der Waals surface area contributed by atoms with E-state index < -0.39 is 0 Å². The Balaban J connectivity index is 1.64. The van der Waals surface area contributed by atoms with Crippen LogP contribution in [0.15, 0.2) is 52.2 Å². The van der Waals surface area contributed by atoms with Crippen molar-refractivity contribution in [1.82, 2.24) is 14.8 Å². The number of benzene rings is 1. The van der Waals surface area contributed by atoms with Gasteiger partial charge in [-0.25, -0.2) is 0 Å². The lowest BCUT2D eigenvalue weighted by Crippen LogP contribution is -2.15. The van der Waals surface area contributed by atoms with Gasteiger partial charge in [0.15, 0.2) is 5.16 Å². The van der Waals surface area contributed by atoms with Gasteiger partial charge in [0.1, 0.15) is 11.6 Å². The summed E-state index contributed by atoms with van der Waals surface area (Å²) in [5.74, 6) is 2.10. The van der Waals surface area contributed by atoms with Gasteiger partial charge in [0.25, 0.3) is 0 Å². The first-order valence-corrected chi connectivity index (χ1v) is 10.1. The summed E-state index contributed by atoms with van der Waals surface area (Å²) in [6.07, 6.45) is 1.65. The van der Waals surface area contributed by atoms with E-state index in [0.717, 1.165) is 23.0 Å². The fourth-order valence-electron chi connectivity index (χ4n) is 2.71. The molecule has 0 radical (unpaired) electrons. The minimum atomic E-state index is -0.0822. The molecule has 0 saturated heterocycles. The topological polar surface area (TPSA) is 76.2 Å². The summed E-state index contributed by atoms with van der Waals surface area (Å²) in [5, 5.41) is 12.2. The molecule has 2 heterocycles. The molecule has 1 amide bonds. The maximum atomic E-state index is 12.4. The van der Waals surface area contributed by atoms with Crippen LogP contribution >= 0.6 is 11.8 Å². The number of thioether (sulfide) groups is 1. The van der Waals surface area contributed by atoms with E-state index >= 15 is 0 Å². The van der Waals surface area contributed by atoms with E-state index in [0.29, 0.717) is 11.7 Å². The Kier molecular flexibility index (Phi) is 6.41. The number of nitrogens with zero attached hydrogens (tertiary/aromatic N) is 4. The van der Waals surface area contributed by atoms with Crippen LogP contribution in [0.3, 0.4) is 0 Å². The van der Waals surface area contributed by atoms with Gasteiger partial charge in [0, 0.05) is 31.4 Å². The Labute approximate surface area is 169 Å². The number of hydrogen-bond acceptors (Lipinski definition) is 6. The average Bonchev–Trinajstić information content (AvgIpc) is 3.31. The maximum absolute atomic E-state index is 12.4. The van der Waals surface area contributed by atoms with Crippen molar-refractivity contribution in [1.29, 1.82) is 0 Å². The molecule has 0 bridgehead atoms. The Morgan fingerprint density at radius 3 is 2.57 bits per heavy atom. The van der Waals surface area contributed by atoms with Crippen LogP contribution in [-0.4, -0.2) is 40.5 Å². The summed E-state index contributed by atoms with van der Waals surface area (Å²) in [4.78, 5) is 14.4. The van der Waals surface area contributed by atoms with Gasteiger partial charge in [-0.2, -0.15) is 0 Å². The van der Waals surface area contributed by atoms with E-state index in [-0.39, 0.29) is 17.6 Å². The molecule has 0 aliphatic rings. The second-order valence-corrected chi connectivity index (χ2v) is 7.88. The maximum Gasteiger partial charge on any atom is 0.234 e. The smallest absolute Gasteiger partial charge is 0.234 e. The Bertz CT molecular complexity index is 901. The fraction of sp³-hybridized carbons (Fsp3) is 0.350. The predicted octanol–water partition coefficient (Wildman–Crippen LogP) is 3.84. The molecule has 0 fully saturated rings. The van der Waals surface area contributed by atoms with Crippen LogP contribution < -0.4 is 10.2 Å². The van der Waals surface area contributed by atoms with Gasteiger partial charge in [-0.05, 0) is 36.4 Å². The molecule has 3 aromatic rings. The number of carbonyl (C=O) groups excluding carboxylic acids is 1. The van der Waals surface area contributed by atoms with E-state index in [2.05, 4.69) is 29.4 Å². The van der Waals surface area contributed by atoms with E-state index in [9.17, 15) is 4.79 Å². The molecule has 0 atom stereocenters. The number of nitrogens with one attached hydrogen (secondary N) is 1. The standard InChI is InChI=1S/C20H25N5O2S/c1-14(2)19-22-23-20(25(19)12-17-6-5-11-27-17)28-13-18(26)21-15-7-9-16(10-8-15)24(3)4/h5-11,14H,12-13H2,1-4H3,(H,21,26). The number of carbonyl (C=O) groups is 1. The third-order valence-electron chi connectivity index (χ3n) is 4.16. The number of amides is 1. The van der Waals surface area contributed by atoms with Crippen molar-refractivity contribution in [3.8, 4) is 0 Å². The van der Waals surface area contributed by atoms with Gasteiger partial charge in [-0.3, -0.25) is 9.36 Å². The highest BCUT2D eigenvalue weighted by Crippen LogP contribution is 2.23. The molecule has 2 aromatic heterocycles. The molecular formula is C20H25N5O2S. The van der Waals surface area contributed by atoms with Crippen LogP contribution in [0.4, 0.5) is 11.4 Å². The molecule has 0 aliphatic carbocycles. The second-order valence-electron chi connectivity index (χ2n) is 6.94. The summed E-state index contributed by atoms with van der Waals surface area (Å²) >= 11 is 1.37. The third kappa shape index (κ3) is 4.95. The van der Waals surface area contributed by atoms with Gasteiger partial charge >= 0.3 is 0 Å². The molecule has 3 rings (SSSR count). The normalized spacial score (nSPS) is 11.0. The highest BCUT2D eigenvalue weighted by atomic mass is 32.2. The Morgan fingerprint density at radius 2 is 1.96 bits per heavy atom. The minimum absolute atomic E-state index is 0.0822. The molecule has 148 valence electrons. The van der Waals surface area contributed by atoms with Crippen molar-refractivity contribution < 1.29 is 9.21 Å². The van der Waals surface area contributed by atoms with Crippen molar-refractivity contribution in [2.75, 3.05) is 30.1 Å². The molecule has 28 heavy (non-hydrogen) atoms. The zero-order chi connectivity index (χ0) is 20.1. The molecular weight excluding hydrogens is 374 g/mol. The zero-order valence-corrected chi connectivity index (χ0v) is 17.4. The van der Waals surface area contributed by atoms with Crippen LogP contribution in [0.25, 0.3) is 0 Å². The van der Waals surface area contributed by atoms with Gasteiger partial charge in [-0.15, -0.1) is 10.2 Å². The van der Waals surface area contributed by atoms with Crippen molar-refractivity contribution in [2.24, 2.45) is 0 Å². The molecule has 0 saturated carbocycles. The highest BCUT2D eigenvalue weighted by Gasteiger charge is 2.17. The molecule has 8 heteroatoms.